The highest BCUT2D eigenvalue weighted by molar-refractivity contribution is 5.85. The van der Waals surface area contributed by atoms with Gasteiger partial charge < -0.3 is 15.5 Å². The van der Waals surface area contributed by atoms with Gasteiger partial charge >= 0.3 is 6.03 Å². The minimum absolute atomic E-state index is 0.0498. The van der Waals surface area contributed by atoms with E-state index in [4.69, 9.17) is 0 Å². The lowest BCUT2D eigenvalue weighted by Crippen LogP contribution is -2.49. The quantitative estimate of drug-likeness (QED) is 0.889. The Balaban J connectivity index is 1.48. The summed E-state index contributed by atoms with van der Waals surface area (Å²) in [7, 11) is 0. The normalized spacial score (nSPS) is 24.4. The van der Waals surface area contributed by atoms with Crippen LogP contribution in [0.4, 0.5) is 4.79 Å². The number of likely N-dealkylation sites (tertiary alicyclic amines) is 1. The molecule has 1 aromatic rings. The number of nitrogens with zero attached hydrogens (tertiary/aromatic N) is 1. The summed E-state index contributed by atoms with van der Waals surface area (Å²) in [4.78, 5) is 26.2. The van der Waals surface area contributed by atoms with Gasteiger partial charge in [0.15, 0.2) is 0 Å². The SMILES string of the molecule is O=C(NCCc1ccccc1)N1CC[C@]2(CCCNC2=O)C1. The Bertz CT molecular complexity index is 546. The van der Waals surface area contributed by atoms with Crippen LogP contribution in [0, 0.1) is 5.41 Å². The largest absolute Gasteiger partial charge is 0.356 e. The predicted molar refractivity (Wildman–Crippen MR) is 84.4 cm³/mol. The molecule has 2 saturated heterocycles. The van der Waals surface area contributed by atoms with E-state index >= 15 is 0 Å². The van der Waals surface area contributed by atoms with Crippen LogP contribution in [0.3, 0.4) is 0 Å². The van der Waals surface area contributed by atoms with Crippen LogP contribution in [0.25, 0.3) is 0 Å². The fourth-order valence-corrected chi connectivity index (χ4v) is 3.44. The van der Waals surface area contributed by atoms with Gasteiger partial charge in [0, 0.05) is 26.2 Å². The van der Waals surface area contributed by atoms with Crippen molar-refractivity contribution >= 4 is 11.9 Å². The van der Waals surface area contributed by atoms with E-state index in [1.807, 2.05) is 18.2 Å². The maximum absolute atomic E-state index is 12.3. The second-order valence-corrected chi connectivity index (χ2v) is 6.28. The average molecular weight is 301 g/mol. The molecule has 0 radical (unpaired) electrons. The Morgan fingerprint density at radius 1 is 1.27 bits per heavy atom. The van der Waals surface area contributed by atoms with Crippen molar-refractivity contribution in [2.45, 2.75) is 25.7 Å². The molecule has 2 aliphatic rings. The molecule has 2 N–H and O–H groups in total. The number of rotatable bonds is 3. The van der Waals surface area contributed by atoms with E-state index in [0.29, 0.717) is 19.6 Å². The molecule has 118 valence electrons. The molecule has 5 nitrogen and oxygen atoms in total. The molecule has 3 rings (SSSR count). The van der Waals surface area contributed by atoms with Gasteiger partial charge in [0.2, 0.25) is 5.91 Å². The smallest absolute Gasteiger partial charge is 0.317 e. The Kier molecular flexibility index (Phi) is 4.32. The summed E-state index contributed by atoms with van der Waals surface area (Å²) in [5.41, 5.74) is 0.877. The van der Waals surface area contributed by atoms with Crippen molar-refractivity contribution in [1.29, 1.82) is 0 Å². The van der Waals surface area contributed by atoms with Crippen LogP contribution in [-0.2, 0) is 11.2 Å². The molecule has 0 aliphatic carbocycles. The van der Waals surface area contributed by atoms with Crippen molar-refractivity contribution in [3.8, 4) is 0 Å². The van der Waals surface area contributed by atoms with Crippen molar-refractivity contribution in [1.82, 2.24) is 15.5 Å². The Morgan fingerprint density at radius 2 is 2.09 bits per heavy atom. The molecule has 1 aromatic carbocycles. The van der Waals surface area contributed by atoms with Gasteiger partial charge in [-0.05, 0) is 31.2 Å². The van der Waals surface area contributed by atoms with Crippen molar-refractivity contribution in [3.05, 3.63) is 35.9 Å². The first kappa shape index (κ1) is 14.9. The topological polar surface area (TPSA) is 61.4 Å². The Morgan fingerprint density at radius 3 is 2.86 bits per heavy atom. The first-order valence-electron chi connectivity index (χ1n) is 8.05. The van der Waals surface area contributed by atoms with Gasteiger partial charge in [-0.3, -0.25) is 4.79 Å². The Hall–Kier alpha value is -2.04. The van der Waals surface area contributed by atoms with Gasteiger partial charge in [-0.15, -0.1) is 0 Å². The number of hydrogen-bond acceptors (Lipinski definition) is 2. The highest BCUT2D eigenvalue weighted by atomic mass is 16.2. The molecular formula is C17H23N3O2. The van der Waals surface area contributed by atoms with Gasteiger partial charge in [-0.2, -0.15) is 0 Å². The molecule has 0 aromatic heterocycles. The van der Waals surface area contributed by atoms with E-state index in [9.17, 15) is 9.59 Å². The van der Waals surface area contributed by atoms with Crippen molar-refractivity contribution in [2.24, 2.45) is 5.41 Å². The summed E-state index contributed by atoms with van der Waals surface area (Å²) in [5.74, 6) is 0.123. The Labute approximate surface area is 131 Å². The maximum Gasteiger partial charge on any atom is 0.317 e. The molecule has 0 bridgehead atoms. The van der Waals surface area contributed by atoms with E-state index in [-0.39, 0.29) is 17.4 Å². The van der Waals surface area contributed by atoms with Crippen LogP contribution in [0.15, 0.2) is 30.3 Å². The zero-order chi connectivity index (χ0) is 15.4. The van der Waals surface area contributed by atoms with Crippen LogP contribution < -0.4 is 10.6 Å². The average Bonchev–Trinajstić information content (AvgIpc) is 2.97. The van der Waals surface area contributed by atoms with Gasteiger partial charge in [0.25, 0.3) is 0 Å². The zero-order valence-corrected chi connectivity index (χ0v) is 12.8. The van der Waals surface area contributed by atoms with Crippen LogP contribution >= 0.6 is 0 Å². The fraction of sp³-hybridized carbons (Fsp3) is 0.529. The number of carbonyl (C=O) groups is 2. The summed E-state index contributed by atoms with van der Waals surface area (Å²) >= 11 is 0. The number of hydrogen-bond donors (Lipinski definition) is 2. The highest BCUT2D eigenvalue weighted by Gasteiger charge is 2.46. The molecule has 0 unspecified atom stereocenters. The number of urea groups is 1. The van der Waals surface area contributed by atoms with E-state index < -0.39 is 0 Å². The lowest BCUT2D eigenvalue weighted by Gasteiger charge is -2.32. The fourth-order valence-electron chi connectivity index (χ4n) is 3.44. The van der Waals surface area contributed by atoms with Gasteiger partial charge in [0.05, 0.1) is 5.41 Å². The first-order valence-corrected chi connectivity index (χ1v) is 8.05. The molecule has 3 amide bonds. The van der Waals surface area contributed by atoms with Crippen LogP contribution in [0.1, 0.15) is 24.8 Å². The molecular weight excluding hydrogens is 278 g/mol. The molecule has 1 spiro atoms. The van der Waals surface area contributed by atoms with Crippen LogP contribution in [0.2, 0.25) is 0 Å². The van der Waals surface area contributed by atoms with Gasteiger partial charge in [-0.25, -0.2) is 4.79 Å². The second-order valence-electron chi connectivity index (χ2n) is 6.28. The third-order valence-electron chi connectivity index (χ3n) is 4.77. The number of nitrogens with one attached hydrogen (secondary N) is 2. The second kappa shape index (κ2) is 6.38. The molecule has 2 heterocycles. The molecule has 5 heteroatoms. The lowest BCUT2D eigenvalue weighted by atomic mass is 9.79. The molecule has 0 saturated carbocycles. The maximum atomic E-state index is 12.3. The molecule has 22 heavy (non-hydrogen) atoms. The molecule has 2 fully saturated rings. The summed E-state index contributed by atoms with van der Waals surface area (Å²) in [5, 5.41) is 5.91. The van der Waals surface area contributed by atoms with Crippen molar-refractivity contribution in [3.63, 3.8) is 0 Å². The standard InChI is InChI=1S/C17H23N3O2/c21-15-17(8-4-10-18-15)9-12-20(13-17)16(22)19-11-7-14-5-2-1-3-6-14/h1-3,5-6H,4,7-13H2,(H,18,21)(H,19,22)/t17-/m1/s1. The third-order valence-corrected chi connectivity index (χ3v) is 4.77. The van der Waals surface area contributed by atoms with E-state index in [1.54, 1.807) is 4.90 Å². The lowest BCUT2D eigenvalue weighted by molar-refractivity contribution is -0.132. The molecule has 2 aliphatic heterocycles. The number of amides is 3. The summed E-state index contributed by atoms with van der Waals surface area (Å²) in [6.45, 7) is 2.61. The van der Waals surface area contributed by atoms with Gasteiger partial charge in [-0.1, -0.05) is 30.3 Å². The number of benzene rings is 1. The number of piperidine rings is 1. The monoisotopic (exact) mass is 301 g/mol. The molecule has 1 atom stereocenters. The predicted octanol–water partition coefficient (Wildman–Crippen LogP) is 1.54. The van der Waals surface area contributed by atoms with Crippen molar-refractivity contribution < 1.29 is 9.59 Å². The summed E-state index contributed by atoms with van der Waals surface area (Å²) in [6.07, 6.45) is 3.51. The van der Waals surface area contributed by atoms with E-state index in [0.717, 1.165) is 32.2 Å². The minimum Gasteiger partial charge on any atom is -0.356 e. The van der Waals surface area contributed by atoms with E-state index in [1.165, 1.54) is 5.56 Å². The van der Waals surface area contributed by atoms with Crippen molar-refractivity contribution in [2.75, 3.05) is 26.2 Å². The van der Waals surface area contributed by atoms with Crippen LogP contribution in [-0.4, -0.2) is 43.0 Å². The summed E-state index contributed by atoms with van der Waals surface area (Å²) < 4.78 is 0. The first-order chi connectivity index (χ1) is 10.7. The van der Waals surface area contributed by atoms with Gasteiger partial charge in [0.1, 0.15) is 0 Å². The summed E-state index contributed by atoms with van der Waals surface area (Å²) in [6, 6.07) is 10.1. The van der Waals surface area contributed by atoms with Crippen LogP contribution in [0.5, 0.6) is 0 Å². The number of carbonyl (C=O) groups excluding carboxylic acids is 2. The zero-order valence-electron chi connectivity index (χ0n) is 12.8. The van der Waals surface area contributed by atoms with E-state index in [2.05, 4.69) is 22.8 Å². The highest BCUT2D eigenvalue weighted by Crippen LogP contribution is 2.37. The minimum atomic E-state index is -0.338. The third kappa shape index (κ3) is 3.08.